The Morgan fingerprint density at radius 3 is 2.57 bits per heavy atom. The molecule has 0 spiro atoms. The molecule has 0 N–H and O–H groups in total. The third-order valence-corrected chi connectivity index (χ3v) is 2.54. The first kappa shape index (κ1) is 9.21. The Balaban J connectivity index is 2.40. The molecule has 4 heteroatoms. The minimum absolute atomic E-state index is 0.434. The largest absolute Gasteiger partial charge is 0.305 e. The molecule has 1 aromatic carbocycles. The number of hydrogen-bond acceptors (Lipinski definition) is 2. The summed E-state index contributed by atoms with van der Waals surface area (Å²) in [6.45, 7) is 0. The Bertz CT molecular complexity index is 479. The van der Waals surface area contributed by atoms with Crippen LogP contribution < -0.4 is 0 Å². The maximum atomic E-state index is 8.61. The first-order chi connectivity index (χ1) is 6.79. The molecule has 68 valence electrons. The number of benzene rings is 1. The quantitative estimate of drug-likeness (QED) is 0.758. The van der Waals surface area contributed by atoms with Gasteiger partial charge in [0.05, 0.1) is 0 Å². The number of rotatable bonds is 1. The van der Waals surface area contributed by atoms with Crippen LogP contribution in [0, 0.1) is 14.9 Å². The predicted octanol–water partition coefficient (Wildman–Crippen LogP) is 2.35. The second-order valence-corrected chi connectivity index (χ2v) is 4.00. The fraction of sp³-hybridized carbons (Fsp3) is 0. The summed E-state index contributed by atoms with van der Waals surface area (Å²) in [5.41, 5.74) is 1.45. The maximum Gasteiger partial charge on any atom is 0.158 e. The molecule has 0 radical (unpaired) electrons. The molecule has 0 bridgehead atoms. The van der Waals surface area contributed by atoms with Crippen LogP contribution in [0.4, 0.5) is 0 Å². The minimum Gasteiger partial charge on any atom is -0.305 e. The van der Waals surface area contributed by atoms with Crippen molar-refractivity contribution in [3.8, 4) is 11.8 Å². The number of halogens is 1. The summed E-state index contributed by atoms with van der Waals surface area (Å²) in [6.07, 6.45) is 3.35. The maximum absolute atomic E-state index is 8.61. The zero-order valence-electron chi connectivity index (χ0n) is 7.18. The van der Waals surface area contributed by atoms with Crippen molar-refractivity contribution < 1.29 is 0 Å². The third kappa shape index (κ3) is 1.77. The molecule has 0 atom stereocenters. The van der Waals surface area contributed by atoms with Gasteiger partial charge in [-0.1, -0.05) is 0 Å². The van der Waals surface area contributed by atoms with Gasteiger partial charge in [-0.05, 0) is 46.9 Å². The lowest BCUT2D eigenvalue weighted by molar-refractivity contribution is 1.06. The van der Waals surface area contributed by atoms with E-state index in [1.807, 2.05) is 34.9 Å². The smallest absolute Gasteiger partial charge is 0.158 e. The van der Waals surface area contributed by atoms with E-state index in [1.165, 1.54) is 3.57 Å². The van der Waals surface area contributed by atoms with Gasteiger partial charge in [-0.25, -0.2) is 4.98 Å². The molecule has 2 aromatic rings. The molecule has 1 aromatic heterocycles. The molecule has 0 aliphatic carbocycles. The van der Waals surface area contributed by atoms with Crippen molar-refractivity contribution in [2.45, 2.75) is 0 Å². The highest BCUT2D eigenvalue weighted by Gasteiger charge is 1.98. The lowest BCUT2D eigenvalue weighted by atomic mass is 10.3. The highest BCUT2D eigenvalue weighted by atomic mass is 127. The molecule has 0 amide bonds. The van der Waals surface area contributed by atoms with Crippen molar-refractivity contribution in [3.63, 3.8) is 0 Å². The van der Waals surface area contributed by atoms with Crippen LogP contribution in [-0.4, -0.2) is 9.55 Å². The summed E-state index contributed by atoms with van der Waals surface area (Å²) in [4.78, 5) is 3.93. The van der Waals surface area contributed by atoms with Crippen LogP contribution in [0.25, 0.3) is 5.69 Å². The summed E-state index contributed by atoms with van der Waals surface area (Å²) in [6, 6.07) is 10.0. The molecule has 14 heavy (non-hydrogen) atoms. The van der Waals surface area contributed by atoms with Gasteiger partial charge in [-0.2, -0.15) is 5.26 Å². The molecule has 0 fully saturated rings. The Morgan fingerprint density at radius 2 is 2.00 bits per heavy atom. The number of hydrogen-bond donors (Lipinski definition) is 0. The first-order valence-electron chi connectivity index (χ1n) is 3.99. The topological polar surface area (TPSA) is 41.6 Å². The van der Waals surface area contributed by atoms with Gasteiger partial charge < -0.3 is 4.57 Å². The molecule has 0 aliphatic heterocycles. The Hall–Kier alpha value is -1.35. The van der Waals surface area contributed by atoms with Crippen LogP contribution in [0.1, 0.15) is 5.69 Å². The van der Waals surface area contributed by atoms with Crippen LogP contribution in [0.15, 0.2) is 36.8 Å². The molecule has 0 unspecified atom stereocenters. The van der Waals surface area contributed by atoms with E-state index in [1.54, 1.807) is 12.5 Å². The van der Waals surface area contributed by atoms with Crippen molar-refractivity contribution in [1.82, 2.24) is 9.55 Å². The summed E-state index contributed by atoms with van der Waals surface area (Å²) >= 11 is 2.25. The van der Waals surface area contributed by atoms with Crippen molar-refractivity contribution in [3.05, 3.63) is 46.1 Å². The molecule has 2 rings (SSSR count). The lowest BCUT2D eigenvalue weighted by Crippen LogP contribution is -1.88. The van der Waals surface area contributed by atoms with Crippen molar-refractivity contribution in [2.75, 3.05) is 0 Å². The van der Waals surface area contributed by atoms with E-state index < -0.39 is 0 Å². The van der Waals surface area contributed by atoms with E-state index in [2.05, 4.69) is 27.6 Å². The summed E-state index contributed by atoms with van der Waals surface area (Å²) in [5.74, 6) is 0. The molecule has 0 saturated carbocycles. The second-order valence-electron chi connectivity index (χ2n) is 2.75. The number of aromatic nitrogens is 2. The SMILES string of the molecule is N#Cc1cn(-c2ccc(I)cc2)cn1. The zero-order valence-corrected chi connectivity index (χ0v) is 9.34. The average molecular weight is 295 g/mol. The number of nitrogens with zero attached hydrogens (tertiary/aromatic N) is 3. The van der Waals surface area contributed by atoms with Crippen molar-refractivity contribution in [1.29, 1.82) is 5.26 Å². The third-order valence-electron chi connectivity index (χ3n) is 1.82. The Morgan fingerprint density at radius 1 is 1.29 bits per heavy atom. The van der Waals surface area contributed by atoms with E-state index in [4.69, 9.17) is 5.26 Å². The zero-order chi connectivity index (χ0) is 9.97. The van der Waals surface area contributed by atoms with Crippen LogP contribution >= 0.6 is 22.6 Å². The summed E-state index contributed by atoms with van der Waals surface area (Å²) in [5, 5.41) is 8.61. The molecule has 0 saturated heterocycles. The fourth-order valence-electron chi connectivity index (χ4n) is 1.13. The van der Waals surface area contributed by atoms with E-state index in [-0.39, 0.29) is 0 Å². The van der Waals surface area contributed by atoms with Crippen LogP contribution in [0.2, 0.25) is 0 Å². The van der Waals surface area contributed by atoms with Gasteiger partial charge in [0.2, 0.25) is 0 Å². The first-order valence-corrected chi connectivity index (χ1v) is 5.07. The average Bonchev–Trinajstić information content (AvgIpc) is 2.67. The van der Waals surface area contributed by atoms with E-state index >= 15 is 0 Å². The normalized spacial score (nSPS) is 9.71. The molecule has 1 heterocycles. The Labute approximate surface area is 95.1 Å². The molecular formula is C10H6IN3. The van der Waals surface area contributed by atoms with Crippen LogP contribution in [-0.2, 0) is 0 Å². The van der Waals surface area contributed by atoms with Crippen molar-refractivity contribution >= 4 is 22.6 Å². The van der Waals surface area contributed by atoms with Gasteiger partial charge in [0.25, 0.3) is 0 Å². The van der Waals surface area contributed by atoms with Crippen molar-refractivity contribution in [2.24, 2.45) is 0 Å². The van der Waals surface area contributed by atoms with Gasteiger partial charge in [0, 0.05) is 15.5 Å². The standard InChI is InChI=1S/C10H6IN3/c11-8-1-3-10(4-2-8)14-6-9(5-12)13-7-14/h1-4,6-7H. The summed E-state index contributed by atoms with van der Waals surface area (Å²) < 4.78 is 3.02. The second kappa shape index (κ2) is 3.80. The summed E-state index contributed by atoms with van der Waals surface area (Å²) in [7, 11) is 0. The van der Waals surface area contributed by atoms with Crippen LogP contribution in [0.5, 0.6) is 0 Å². The van der Waals surface area contributed by atoms with Crippen LogP contribution in [0.3, 0.4) is 0 Å². The Kier molecular flexibility index (Phi) is 2.50. The lowest BCUT2D eigenvalue weighted by Gasteiger charge is -2.00. The van der Waals surface area contributed by atoms with Gasteiger partial charge in [-0.15, -0.1) is 0 Å². The van der Waals surface area contributed by atoms with E-state index in [0.717, 1.165) is 5.69 Å². The van der Waals surface area contributed by atoms with Gasteiger partial charge in [0.1, 0.15) is 12.4 Å². The highest BCUT2D eigenvalue weighted by Crippen LogP contribution is 2.11. The van der Waals surface area contributed by atoms with Gasteiger partial charge in [-0.3, -0.25) is 0 Å². The van der Waals surface area contributed by atoms with Gasteiger partial charge in [0.15, 0.2) is 5.69 Å². The highest BCUT2D eigenvalue weighted by molar-refractivity contribution is 14.1. The van der Waals surface area contributed by atoms with E-state index in [0.29, 0.717) is 5.69 Å². The monoisotopic (exact) mass is 295 g/mol. The molecular weight excluding hydrogens is 289 g/mol. The fourth-order valence-corrected chi connectivity index (χ4v) is 1.49. The minimum atomic E-state index is 0.434. The number of imidazole rings is 1. The number of nitriles is 1. The van der Waals surface area contributed by atoms with Gasteiger partial charge >= 0.3 is 0 Å². The molecule has 0 aliphatic rings. The van der Waals surface area contributed by atoms with E-state index in [9.17, 15) is 0 Å². The predicted molar refractivity (Wildman–Crippen MR) is 61.0 cm³/mol. The molecule has 3 nitrogen and oxygen atoms in total.